The first-order valence-corrected chi connectivity index (χ1v) is 11.6. The fraction of sp³-hybridized carbons (Fsp3) is 0.423. The number of amides is 2. The van der Waals surface area contributed by atoms with E-state index in [0.717, 1.165) is 11.1 Å². The van der Waals surface area contributed by atoms with Crippen LogP contribution in [-0.4, -0.2) is 55.0 Å². The summed E-state index contributed by atoms with van der Waals surface area (Å²) in [7, 11) is 0. The number of benzene rings is 2. The van der Waals surface area contributed by atoms with Gasteiger partial charge in [0.25, 0.3) is 0 Å². The molecule has 2 aromatic carbocycles. The molecule has 2 amide bonds. The third kappa shape index (κ3) is 5.07. The van der Waals surface area contributed by atoms with Gasteiger partial charge in [0.05, 0.1) is 6.61 Å². The Labute approximate surface area is 198 Å². The van der Waals surface area contributed by atoms with Gasteiger partial charge in [-0.15, -0.1) is 0 Å². The fourth-order valence-corrected chi connectivity index (χ4v) is 4.69. The first kappa shape index (κ1) is 23.8. The van der Waals surface area contributed by atoms with Gasteiger partial charge < -0.3 is 25.2 Å². The Morgan fingerprint density at radius 3 is 2.35 bits per heavy atom. The number of carboxylic acids is 1. The van der Waals surface area contributed by atoms with Crippen LogP contribution in [0.1, 0.15) is 43.2 Å². The number of carbonyl (C=O) groups is 3. The van der Waals surface area contributed by atoms with E-state index >= 15 is 0 Å². The van der Waals surface area contributed by atoms with Gasteiger partial charge >= 0.3 is 12.1 Å². The van der Waals surface area contributed by atoms with Crippen molar-refractivity contribution in [1.29, 1.82) is 0 Å². The predicted molar refractivity (Wildman–Crippen MR) is 125 cm³/mol. The van der Waals surface area contributed by atoms with E-state index < -0.39 is 17.6 Å². The topological polar surface area (TPSA) is 114 Å². The van der Waals surface area contributed by atoms with Gasteiger partial charge in [0.1, 0.15) is 6.61 Å². The van der Waals surface area contributed by atoms with E-state index in [2.05, 4.69) is 34.9 Å². The fourth-order valence-electron chi connectivity index (χ4n) is 4.69. The Balaban J connectivity index is 1.21. The van der Waals surface area contributed by atoms with E-state index in [1.807, 2.05) is 31.2 Å². The summed E-state index contributed by atoms with van der Waals surface area (Å²) in [4.78, 5) is 36.1. The van der Waals surface area contributed by atoms with Crippen molar-refractivity contribution in [1.82, 2.24) is 10.6 Å². The molecule has 1 fully saturated rings. The number of alkyl carbamates (subject to hydrolysis) is 1. The van der Waals surface area contributed by atoms with Crippen LogP contribution in [0.2, 0.25) is 0 Å². The third-order valence-electron chi connectivity index (χ3n) is 6.59. The zero-order valence-electron chi connectivity index (χ0n) is 19.2. The van der Waals surface area contributed by atoms with Gasteiger partial charge in [-0.05, 0) is 34.6 Å². The maximum Gasteiger partial charge on any atom is 0.407 e. The zero-order chi connectivity index (χ0) is 24.1. The van der Waals surface area contributed by atoms with Crippen LogP contribution < -0.4 is 10.6 Å². The second-order valence-corrected chi connectivity index (χ2v) is 9.09. The minimum atomic E-state index is -1.34. The van der Waals surface area contributed by atoms with Crippen molar-refractivity contribution < 1.29 is 29.0 Å². The average Bonchev–Trinajstić information content (AvgIpc) is 3.41. The normalized spacial score (nSPS) is 19.7. The molecular formula is C26H30N2O6. The number of nitrogens with one attached hydrogen (secondary N) is 2. The molecule has 1 aliphatic carbocycles. The lowest BCUT2D eigenvalue weighted by molar-refractivity contribution is -0.147. The number of rotatable bonds is 9. The highest BCUT2D eigenvalue weighted by Crippen LogP contribution is 2.44. The average molecular weight is 467 g/mol. The van der Waals surface area contributed by atoms with E-state index in [1.165, 1.54) is 11.1 Å². The minimum Gasteiger partial charge on any atom is -0.479 e. The molecule has 1 heterocycles. The number of ether oxygens (including phenoxy) is 2. The maximum atomic E-state index is 12.3. The van der Waals surface area contributed by atoms with E-state index in [0.29, 0.717) is 19.6 Å². The van der Waals surface area contributed by atoms with Crippen molar-refractivity contribution in [3.63, 3.8) is 0 Å². The molecule has 2 aromatic rings. The summed E-state index contributed by atoms with van der Waals surface area (Å²) in [5, 5.41) is 14.8. The highest BCUT2D eigenvalue weighted by Gasteiger charge is 2.43. The smallest absolute Gasteiger partial charge is 0.407 e. The lowest BCUT2D eigenvalue weighted by atomic mass is 9.97. The summed E-state index contributed by atoms with van der Waals surface area (Å²) in [6.45, 7) is 2.78. The largest absolute Gasteiger partial charge is 0.479 e. The Morgan fingerprint density at radius 1 is 1.12 bits per heavy atom. The van der Waals surface area contributed by atoms with Crippen LogP contribution in [0.4, 0.5) is 4.79 Å². The van der Waals surface area contributed by atoms with Crippen molar-refractivity contribution in [2.75, 3.05) is 26.4 Å². The molecule has 1 saturated heterocycles. The van der Waals surface area contributed by atoms with E-state index in [4.69, 9.17) is 9.47 Å². The van der Waals surface area contributed by atoms with E-state index in [-0.39, 0.29) is 43.8 Å². The van der Waals surface area contributed by atoms with E-state index in [9.17, 15) is 19.5 Å². The molecular weight excluding hydrogens is 436 g/mol. The number of carboxylic acid groups (broad SMARTS) is 1. The highest BCUT2D eigenvalue weighted by molar-refractivity contribution is 5.87. The first-order valence-electron chi connectivity index (χ1n) is 11.6. The van der Waals surface area contributed by atoms with Crippen LogP contribution in [0.15, 0.2) is 48.5 Å². The zero-order valence-corrected chi connectivity index (χ0v) is 19.2. The molecule has 2 unspecified atom stereocenters. The van der Waals surface area contributed by atoms with Crippen molar-refractivity contribution in [3.05, 3.63) is 59.7 Å². The Hall–Kier alpha value is -3.39. The molecule has 8 nitrogen and oxygen atoms in total. The summed E-state index contributed by atoms with van der Waals surface area (Å²) >= 11 is 0. The molecule has 0 radical (unpaired) electrons. The molecule has 8 heteroatoms. The molecule has 180 valence electrons. The van der Waals surface area contributed by atoms with Gasteiger partial charge in [0.15, 0.2) is 5.54 Å². The Kier molecular flexibility index (Phi) is 7.17. The highest BCUT2D eigenvalue weighted by atomic mass is 16.5. The summed E-state index contributed by atoms with van der Waals surface area (Å²) in [5.74, 6) is -1.45. The molecule has 0 spiro atoms. The lowest BCUT2D eigenvalue weighted by Crippen LogP contribution is -2.55. The molecule has 0 aromatic heterocycles. The van der Waals surface area contributed by atoms with Gasteiger partial charge in [-0.2, -0.15) is 0 Å². The molecule has 3 N–H and O–H groups in total. The van der Waals surface area contributed by atoms with Gasteiger partial charge in [-0.25, -0.2) is 9.59 Å². The first-order chi connectivity index (χ1) is 16.4. The van der Waals surface area contributed by atoms with Gasteiger partial charge in [0, 0.05) is 31.9 Å². The van der Waals surface area contributed by atoms with Crippen LogP contribution in [0.3, 0.4) is 0 Å². The molecule has 34 heavy (non-hydrogen) atoms. The molecule has 0 bridgehead atoms. The SMILES string of the molecule is CC(CCNC(=O)OCC1c2ccccc2-c2ccccc21)CC(=O)NC1(C(=O)O)CCOC1. The Bertz CT molecular complexity index is 1020. The van der Waals surface area contributed by atoms with Crippen LogP contribution in [0.25, 0.3) is 11.1 Å². The molecule has 0 saturated carbocycles. The van der Waals surface area contributed by atoms with Crippen molar-refractivity contribution in [2.45, 2.75) is 37.6 Å². The lowest BCUT2D eigenvalue weighted by Gasteiger charge is -2.24. The summed E-state index contributed by atoms with van der Waals surface area (Å²) < 4.78 is 10.7. The maximum absolute atomic E-state index is 12.3. The number of carbonyl (C=O) groups excluding carboxylic acids is 2. The molecule has 2 atom stereocenters. The standard InChI is InChI=1S/C26H30N2O6/c1-17(14-23(29)28-26(24(30)31)11-13-33-16-26)10-12-27-25(32)34-15-22-20-8-4-2-6-18(20)19-7-3-5-9-21(19)22/h2-9,17,22H,10-16H2,1H3,(H,27,32)(H,28,29)(H,30,31). The van der Waals surface area contributed by atoms with Crippen LogP contribution >= 0.6 is 0 Å². The summed E-state index contributed by atoms with van der Waals surface area (Å²) in [5.41, 5.74) is 3.32. The van der Waals surface area contributed by atoms with Gasteiger partial charge in [-0.1, -0.05) is 55.5 Å². The number of hydrogen-bond donors (Lipinski definition) is 3. The number of fused-ring (bicyclic) bond motifs is 3. The van der Waals surface area contributed by atoms with E-state index in [1.54, 1.807) is 0 Å². The minimum absolute atomic E-state index is 0.00175. The van der Waals surface area contributed by atoms with Gasteiger partial charge in [-0.3, -0.25) is 4.79 Å². The van der Waals surface area contributed by atoms with Crippen molar-refractivity contribution in [2.24, 2.45) is 5.92 Å². The molecule has 1 aliphatic heterocycles. The molecule has 2 aliphatic rings. The predicted octanol–water partition coefficient (Wildman–Crippen LogP) is 3.30. The monoisotopic (exact) mass is 466 g/mol. The number of hydrogen-bond acceptors (Lipinski definition) is 5. The summed E-state index contributed by atoms with van der Waals surface area (Å²) in [6.07, 6.45) is 0.493. The second kappa shape index (κ2) is 10.3. The number of aliphatic carboxylic acids is 1. The van der Waals surface area contributed by atoms with Crippen molar-refractivity contribution >= 4 is 18.0 Å². The quantitative estimate of drug-likeness (QED) is 0.523. The third-order valence-corrected chi connectivity index (χ3v) is 6.59. The summed E-state index contributed by atoms with van der Waals surface area (Å²) in [6, 6.07) is 16.3. The van der Waals surface area contributed by atoms with Crippen LogP contribution in [0, 0.1) is 5.92 Å². The second-order valence-electron chi connectivity index (χ2n) is 9.09. The van der Waals surface area contributed by atoms with Crippen LogP contribution in [0.5, 0.6) is 0 Å². The van der Waals surface area contributed by atoms with Gasteiger partial charge in [0.2, 0.25) is 5.91 Å². The Morgan fingerprint density at radius 2 is 1.76 bits per heavy atom. The van der Waals surface area contributed by atoms with Crippen LogP contribution in [-0.2, 0) is 19.1 Å². The van der Waals surface area contributed by atoms with Crippen molar-refractivity contribution in [3.8, 4) is 11.1 Å². The molecule has 4 rings (SSSR count).